The van der Waals surface area contributed by atoms with Gasteiger partial charge in [-0.2, -0.15) is 16.8 Å². The van der Waals surface area contributed by atoms with Crippen LogP contribution in [0.5, 0.6) is 23.0 Å². The molecule has 0 bridgehead atoms. The van der Waals surface area contributed by atoms with Gasteiger partial charge in [-0.15, -0.1) is 0 Å². The van der Waals surface area contributed by atoms with Gasteiger partial charge in [0, 0.05) is 0 Å². The van der Waals surface area contributed by atoms with Crippen molar-refractivity contribution in [3.8, 4) is 34.1 Å². The molecule has 0 saturated carbocycles. The Hall–Kier alpha value is -4.50. The summed E-state index contributed by atoms with van der Waals surface area (Å²) in [4.78, 5) is -0.269. The number of nitrogens with two attached hydrogens (primary N) is 2. The Morgan fingerprint density at radius 3 is 0.887 bits per heavy atom. The quantitative estimate of drug-likeness (QED) is 0.0201. The van der Waals surface area contributed by atoms with Crippen LogP contribution in [0.3, 0.4) is 0 Å². The third-order valence-electron chi connectivity index (χ3n) is 10.7. The molecule has 0 saturated heterocycles. The highest BCUT2D eigenvalue weighted by Crippen LogP contribution is 2.33. The Labute approximate surface area is 370 Å². The van der Waals surface area contributed by atoms with Crippen molar-refractivity contribution in [2.45, 2.75) is 138 Å². The number of unbranched alkanes of at least 4 members (excludes halogenated alkanes) is 18. The molecule has 0 aliphatic rings. The first-order valence-electron chi connectivity index (χ1n) is 22.4. The van der Waals surface area contributed by atoms with E-state index in [-0.39, 0.29) is 9.79 Å². The summed E-state index contributed by atoms with van der Waals surface area (Å²) in [5.41, 5.74) is 15.8. The molecule has 4 rings (SSSR count). The van der Waals surface area contributed by atoms with E-state index >= 15 is 0 Å². The number of anilines is 2. The predicted octanol–water partition coefficient (Wildman–Crippen LogP) is 11.7. The van der Waals surface area contributed by atoms with E-state index in [1.165, 1.54) is 101 Å². The maximum absolute atomic E-state index is 11.1. The number of hydrogen-bond donors (Lipinski definition) is 4. The van der Waals surface area contributed by atoms with Gasteiger partial charge in [-0.1, -0.05) is 115 Å². The van der Waals surface area contributed by atoms with Gasteiger partial charge in [0.1, 0.15) is 23.0 Å². The van der Waals surface area contributed by atoms with Gasteiger partial charge in [-0.3, -0.25) is 9.11 Å². The van der Waals surface area contributed by atoms with Crippen molar-refractivity contribution in [2.75, 3.05) is 37.9 Å². The second kappa shape index (κ2) is 27.5. The number of ether oxygens (including phenoxy) is 4. The monoisotopic (exact) mass is 896 g/mol. The van der Waals surface area contributed by atoms with Gasteiger partial charge in [0.25, 0.3) is 20.2 Å². The molecule has 14 heteroatoms. The van der Waals surface area contributed by atoms with Crippen molar-refractivity contribution in [3.63, 3.8) is 0 Å². The van der Waals surface area contributed by atoms with Crippen molar-refractivity contribution < 1.29 is 44.9 Å². The maximum Gasteiger partial charge on any atom is 0.294 e. The molecule has 0 unspecified atom stereocenters. The molecule has 62 heavy (non-hydrogen) atoms. The Morgan fingerprint density at radius 2 is 0.613 bits per heavy atom. The molecule has 4 aromatic rings. The molecule has 0 radical (unpaired) electrons. The fourth-order valence-electron chi connectivity index (χ4n) is 7.07. The van der Waals surface area contributed by atoms with Crippen LogP contribution in [0.25, 0.3) is 11.1 Å². The fraction of sp³-hybridized carbons (Fsp3) is 0.500. The van der Waals surface area contributed by atoms with Crippen LogP contribution in [0.4, 0.5) is 11.4 Å². The summed E-state index contributed by atoms with van der Waals surface area (Å²) < 4.78 is 86.2. The maximum atomic E-state index is 11.1. The van der Waals surface area contributed by atoms with Crippen LogP contribution in [0.2, 0.25) is 0 Å². The minimum atomic E-state index is -4.18. The fourth-order valence-corrected chi connectivity index (χ4v) is 8.03. The summed E-state index contributed by atoms with van der Waals surface area (Å²) in [6, 6.07) is 23.4. The minimum Gasteiger partial charge on any atom is -0.494 e. The van der Waals surface area contributed by atoms with Gasteiger partial charge in [-0.25, -0.2) is 0 Å². The molecule has 4 aromatic carbocycles. The molecule has 0 aliphatic carbocycles. The van der Waals surface area contributed by atoms with E-state index in [0.717, 1.165) is 62.5 Å². The smallest absolute Gasteiger partial charge is 0.294 e. The molecule has 342 valence electrons. The molecule has 12 nitrogen and oxygen atoms in total. The van der Waals surface area contributed by atoms with Crippen LogP contribution in [0.15, 0.2) is 94.7 Å². The Kier molecular flexibility index (Phi) is 22.3. The molecule has 0 fully saturated rings. The SMILES string of the molecule is Nc1ccc(-c2ccc(N)c(OCCCCCCCCCCCCOc3ccc(S(=O)(=O)O)cc3)c2)cc1OCCCCCCCCCCCCOc1ccc(S(=O)(=O)O)cc1. The van der Waals surface area contributed by atoms with Gasteiger partial charge in [0.15, 0.2) is 0 Å². The Bertz CT molecular complexity index is 1940. The van der Waals surface area contributed by atoms with E-state index in [0.29, 0.717) is 60.8 Å². The van der Waals surface area contributed by atoms with E-state index in [9.17, 15) is 16.8 Å². The summed E-state index contributed by atoms with van der Waals surface area (Å²) in [5.74, 6) is 2.58. The van der Waals surface area contributed by atoms with Gasteiger partial charge in [-0.05, 0) is 110 Å². The highest BCUT2D eigenvalue weighted by Gasteiger charge is 2.11. The van der Waals surface area contributed by atoms with Crippen molar-refractivity contribution in [1.82, 2.24) is 0 Å². The largest absolute Gasteiger partial charge is 0.494 e. The predicted molar refractivity (Wildman–Crippen MR) is 248 cm³/mol. The lowest BCUT2D eigenvalue weighted by molar-refractivity contribution is 0.303. The third kappa shape index (κ3) is 19.7. The van der Waals surface area contributed by atoms with Crippen LogP contribution < -0.4 is 30.4 Å². The zero-order chi connectivity index (χ0) is 44.5. The minimum absolute atomic E-state index is 0.135. The topological polar surface area (TPSA) is 198 Å². The summed E-state index contributed by atoms with van der Waals surface area (Å²) in [6.07, 6.45) is 22.7. The Morgan fingerprint density at radius 1 is 0.355 bits per heavy atom. The Balaban J connectivity index is 0.975. The number of rotatable bonds is 33. The van der Waals surface area contributed by atoms with Gasteiger partial charge < -0.3 is 30.4 Å². The molecule has 0 heterocycles. The van der Waals surface area contributed by atoms with Crippen LogP contribution in [-0.2, 0) is 20.2 Å². The van der Waals surface area contributed by atoms with Crippen molar-refractivity contribution in [1.29, 1.82) is 0 Å². The van der Waals surface area contributed by atoms with Crippen molar-refractivity contribution in [2.24, 2.45) is 0 Å². The summed E-state index contributed by atoms with van der Waals surface area (Å²) in [5, 5.41) is 0. The van der Waals surface area contributed by atoms with E-state index in [4.69, 9.17) is 39.5 Å². The van der Waals surface area contributed by atoms with Crippen LogP contribution in [-0.4, -0.2) is 52.4 Å². The molecule has 0 aliphatic heterocycles. The molecular weight excluding hydrogens is 829 g/mol. The van der Waals surface area contributed by atoms with Gasteiger partial charge in [0.2, 0.25) is 0 Å². The lowest BCUT2D eigenvalue weighted by atomic mass is 10.0. The van der Waals surface area contributed by atoms with E-state index in [2.05, 4.69) is 0 Å². The van der Waals surface area contributed by atoms with Crippen LogP contribution >= 0.6 is 0 Å². The van der Waals surface area contributed by atoms with E-state index in [1.54, 1.807) is 24.3 Å². The normalized spacial score (nSPS) is 11.7. The second-order valence-corrected chi connectivity index (χ2v) is 18.7. The van der Waals surface area contributed by atoms with Crippen LogP contribution in [0, 0.1) is 0 Å². The molecular formula is C48H68N2O10S2. The van der Waals surface area contributed by atoms with E-state index < -0.39 is 20.2 Å². The standard InChI is InChI=1S/C48H68N2O10S2/c49-45-31-21-39(37-47(45)59-35-19-15-11-7-3-1-5-9-13-17-33-57-41-23-27-43(28-24-41)61(51,52)53)40-22-32-46(50)48(38-40)60-36-20-16-12-8-4-2-6-10-14-18-34-58-42-25-29-44(30-26-42)62(54,55)56/h21-32,37-38H,1-20,33-36,49-50H2,(H,51,52,53)(H,54,55,56). The molecule has 6 N–H and O–H groups in total. The van der Waals surface area contributed by atoms with Crippen molar-refractivity contribution in [3.05, 3.63) is 84.9 Å². The van der Waals surface area contributed by atoms with Gasteiger partial charge in [0.05, 0.1) is 47.6 Å². The first-order chi connectivity index (χ1) is 29.9. The molecule has 0 atom stereocenters. The third-order valence-corrected chi connectivity index (χ3v) is 12.5. The van der Waals surface area contributed by atoms with Crippen molar-refractivity contribution >= 4 is 31.6 Å². The van der Waals surface area contributed by atoms with E-state index in [1.807, 2.05) is 36.4 Å². The highest BCUT2D eigenvalue weighted by molar-refractivity contribution is 7.86. The lowest BCUT2D eigenvalue weighted by Crippen LogP contribution is -2.02. The first-order valence-corrected chi connectivity index (χ1v) is 25.2. The average Bonchev–Trinajstić information content (AvgIpc) is 3.24. The molecule has 0 amide bonds. The number of benzene rings is 4. The summed E-state index contributed by atoms with van der Waals surface area (Å²) >= 11 is 0. The van der Waals surface area contributed by atoms with Gasteiger partial charge >= 0.3 is 0 Å². The lowest BCUT2D eigenvalue weighted by Gasteiger charge is -2.13. The molecule has 0 spiro atoms. The molecule has 0 aromatic heterocycles. The first kappa shape index (κ1) is 50.1. The zero-order valence-corrected chi connectivity index (χ0v) is 37.8. The number of nitrogen functional groups attached to an aromatic ring is 2. The average molecular weight is 897 g/mol. The summed E-state index contributed by atoms with van der Waals surface area (Å²) in [6.45, 7) is 2.41. The number of hydrogen-bond acceptors (Lipinski definition) is 10. The zero-order valence-electron chi connectivity index (χ0n) is 36.2. The summed E-state index contributed by atoms with van der Waals surface area (Å²) in [7, 11) is -8.36. The second-order valence-electron chi connectivity index (χ2n) is 15.9. The highest BCUT2D eigenvalue weighted by atomic mass is 32.2. The van der Waals surface area contributed by atoms with Crippen LogP contribution in [0.1, 0.15) is 128 Å².